The fourth-order valence-electron chi connectivity index (χ4n) is 2.30. The van der Waals surface area contributed by atoms with E-state index in [9.17, 15) is 9.59 Å². The Labute approximate surface area is 146 Å². The summed E-state index contributed by atoms with van der Waals surface area (Å²) in [6, 6.07) is -1.13. The van der Waals surface area contributed by atoms with Crippen LogP contribution in [-0.4, -0.2) is 29.7 Å². The van der Waals surface area contributed by atoms with Gasteiger partial charge in [-0.15, -0.1) is 0 Å². The minimum atomic E-state index is -1.13. The van der Waals surface area contributed by atoms with E-state index in [1.54, 1.807) is 0 Å². The molecule has 0 bridgehead atoms. The molecule has 24 heavy (non-hydrogen) atoms. The van der Waals surface area contributed by atoms with Crippen LogP contribution in [-0.2, 0) is 14.3 Å². The maximum Gasteiger partial charge on any atom is 0.332 e. The topological polar surface area (TPSA) is 89.6 Å². The minimum absolute atomic E-state index is 0.224. The number of nitrogens with two attached hydrogens (primary N) is 1. The first-order valence-corrected chi connectivity index (χ1v) is 9.37. The molecule has 0 unspecified atom stereocenters. The third-order valence-corrected chi connectivity index (χ3v) is 3.86. The van der Waals surface area contributed by atoms with Crippen molar-refractivity contribution in [2.24, 2.45) is 5.73 Å². The number of allylic oxidation sites excluding steroid dienone is 2. The van der Waals surface area contributed by atoms with E-state index >= 15 is 0 Å². The molecule has 0 amide bonds. The van der Waals surface area contributed by atoms with Gasteiger partial charge in [-0.3, -0.25) is 4.79 Å². The monoisotopic (exact) mass is 341 g/mol. The van der Waals surface area contributed by atoms with E-state index in [0.29, 0.717) is 6.42 Å². The van der Waals surface area contributed by atoms with Gasteiger partial charge >= 0.3 is 11.9 Å². The summed E-state index contributed by atoms with van der Waals surface area (Å²) in [7, 11) is 0. The van der Waals surface area contributed by atoms with Gasteiger partial charge in [0, 0.05) is 6.42 Å². The number of rotatable bonds is 15. The van der Waals surface area contributed by atoms with Crippen molar-refractivity contribution < 1.29 is 19.4 Å². The molecule has 0 aromatic heterocycles. The van der Waals surface area contributed by atoms with Crippen LogP contribution >= 0.6 is 0 Å². The maximum atomic E-state index is 11.4. The quantitative estimate of drug-likeness (QED) is 0.205. The Morgan fingerprint density at radius 2 is 1.50 bits per heavy atom. The van der Waals surface area contributed by atoms with Crippen molar-refractivity contribution in [1.82, 2.24) is 0 Å². The van der Waals surface area contributed by atoms with Gasteiger partial charge in [0.25, 0.3) is 0 Å². The van der Waals surface area contributed by atoms with Gasteiger partial charge in [0.2, 0.25) is 0 Å². The van der Waals surface area contributed by atoms with Gasteiger partial charge in [-0.25, -0.2) is 4.79 Å². The highest BCUT2D eigenvalue weighted by Gasteiger charge is 2.17. The largest absolute Gasteiger partial charge is 0.394 e. The molecule has 5 heteroatoms. The van der Waals surface area contributed by atoms with Crippen molar-refractivity contribution >= 4 is 11.9 Å². The molecule has 0 heterocycles. The average Bonchev–Trinajstić information content (AvgIpc) is 2.58. The van der Waals surface area contributed by atoms with Gasteiger partial charge < -0.3 is 15.6 Å². The summed E-state index contributed by atoms with van der Waals surface area (Å²) >= 11 is 0. The first kappa shape index (κ1) is 22.8. The van der Waals surface area contributed by atoms with Crippen LogP contribution in [0.2, 0.25) is 0 Å². The Hall–Kier alpha value is -1.20. The molecule has 0 rings (SSSR count). The zero-order valence-electron chi connectivity index (χ0n) is 15.2. The Morgan fingerprint density at radius 1 is 0.958 bits per heavy atom. The lowest BCUT2D eigenvalue weighted by molar-refractivity contribution is -0.161. The molecular weight excluding hydrogens is 306 g/mol. The summed E-state index contributed by atoms with van der Waals surface area (Å²) in [6.45, 7) is 1.71. The maximum absolute atomic E-state index is 11.4. The second-order valence-corrected chi connectivity index (χ2v) is 6.21. The summed E-state index contributed by atoms with van der Waals surface area (Å²) in [5.41, 5.74) is 5.26. The Balaban J connectivity index is 3.37. The summed E-state index contributed by atoms with van der Waals surface area (Å²) in [5.74, 6) is -1.42. The van der Waals surface area contributed by atoms with Crippen molar-refractivity contribution in [2.75, 3.05) is 6.61 Å². The number of esters is 2. The number of unbranched alkanes of at least 4 members (excludes halogenated alkanes) is 9. The molecule has 0 saturated heterocycles. The van der Waals surface area contributed by atoms with Gasteiger partial charge in [0.05, 0.1) is 6.61 Å². The zero-order chi connectivity index (χ0) is 18.0. The summed E-state index contributed by atoms with van der Waals surface area (Å²) in [6.07, 6.45) is 17.5. The molecule has 0 spiro atoms. The number of hydrogen-bond acceptors (Lipinski definition) is 5. The fourth-order valence-corrected chi connectivity index (χ4v) is 2.30. The molecule has 0 radical (unpaired) electrons. The van der Waals surface area contributed by atoms with Gasteiger partial charge in [0.1, 0.15) is 6.04 Å². The number of aliphatic hydroxyl groups excluding tert-OH is 1. The molecule has 3 N–H and O–H groups in total. The van der Waals surface area contributed by atoms with Crippen LogP contribution in [0.15, 0.2) is 12.2 Å². The van der Waals surface area contributed by atoms with Crippen LogP contribution in [0.4, 0.5) is 0 Å². The number of hydrogen-bond donors (Lipinski definition) is 2. The molecule has 5 nitrogen and oxygen atoms in total. The van der Waals surface area contributed by atoms with Crippen LogP contribution in [0, 0.1) is 0 Å². The molecule has 0 aliphatic heterocycles. The normalized spacial score (nSPS) is 12.5. The van der Waals surface area contributed by atoms with Gasteiger partial charge in [-0.2, -0.15) is 0 Å². The second kappa shape index (κ2) is 16.7. The molecule has 0 fully saturated rings. The summed E-state index contributed by atoms with van der Waals surface area (Å²) < 4.78 is 4.54. The van der Waals surface area contributed by atoms with Gasteiger partial charge in [0.15, 0.2) is 0 Å². The Kier molecular flexibility index (Phi) is 15.8. The Bertz CT molecular complexity index is 355. The van der Waals surface area contributed by atoms with E-state index in [2.05, 4.69) is 23.8 Å². The van der Waals surface area contributed by atoms with Crippen molar-refractivity contribution in [1.29, 1.82) is 0 Å². The van der Waals surface area contributed by atoms with E-state index in [4.69, 9.17) is 10.8 Å². The third kappa shape index (κ3) is 14.4. The van der Waals surface area contributed by atoms with E-state index in [1.807, 2.05) is 0 Å². The highest BCUT2D eigenvalue weighted by molar-refractivity contribution is 5.88. The number of carbonyl (C=O) groups is 2. The van der Waals surface area contributed by atoms with Crippen molar-refractivity contribution in [3.63, 3.8) is 0 Å². The third-order valence-electron chi connectivity index (χ3n) is 3.86. The van der Waals surface area contributed by atoms with E-state index < -0.39 is 24.6 Å². The molecule has 0 aromatic carbocycles. The van der Waals surface area contributed by atoms with Crippen molar-refractivity contribution in [3.8, 4) is 0 Å². The smallest absolute Gasteiger partial charge is 0.332 e. The SMILES string of the molecule is CCCCCC/C=C\CCCCCCCC(=O)OC(=O)[C@@H](N)CO. The highest BCUT2D eigenvalue weighted by atomic mass is 16.6. The molecule has 140 valence electrons. The first-order valence-electron chi connectivity index (χ1n) is 9.37. The second-order valence-electron chi connectivity index (χ2n) is 6.21. The Morgan fingerprint density at radius 3 is 2.08 bits per heavy atom. The number of ether oxygens (including phenoxy) is 1. The lowest BCUT2D eigenvalue weighted by Crippen LogP contribution is -2.36. The van der Waals surface area contributed by atoms with E-state index in [0.717, 1.165) is 25.7 Å². The predicted octanol–water partition coefficient (Wildman–Crippen LogP) is 3.63. The van der Waals surface area contributed by atoms with Crippen LogP contribution < -0.4 is 5.73 Å². The van der Waals surface area contributed by atoms with Crippen LogP contribution in [0.1, 0.15) is 84.0 Å². The first-order chi connectivity index (χ1) is 11.6. The van der Waals surface area contributed by atoms with E-state index in [1.165, 1.54) is 38.5 Å². The van der Waals surface area contributed by atoms with Crippen molar-refractivity contribution in [3.05, 3.63) is 12.2 Å². The van der Waals surface area contributed by atoms with Crippen molar-refractivity contribution in [2.45, 2.75) is 90.0 Å². The number of aliphatic hydroxyl groups is 1. The van der Waals surface area contributed by atoms with Gasteiger partial charge in [-0.05, 0) is 32.1 Å². The lowest BCUT2D eigenvalue weighted by atomic mass is 10.1. The minimum Gasteiger partial charge on any atom is -0.394 e. The molecule has 0 aromatic rings. The summed E-state index contributed by atoms with van der Waals surface area (Å²) in [5, 5.41) is 8.68. The number of carbonyl (C=O) groups excluding carboxylic acids is 2. The standard InChI is InChI=1S/C19H35NO4/c1-2-3-4-5-6-7-8-9-10-11-12-13-14-15-18(22)24-19(23)17(20)16-21/h7-8,17,21H,2-6,9-16,20H2,1H3/b8-7-/t17-/m0/s1. The lowest BCUT2D eigenvalue weighted by Gasteiger charge is -2.07. The molecule has 1 atom stereocenters. The van der Waals surface area contributed by atoms with Gasteiger partial charge in [-0.1, -0.05) is 57.6 Å². The van der Waals surface area contributed by atoms with Crippen LogP contribution in [0.3, 0.4) is 0 Å². The predicted molar refractivity (Wildman–Crippen MR) is 96.4 cm³/mol. The van der Waals surface area contributed by atoms with Crippen LogP contribution in [0.5, 0.6) is 0 Å². The average molecular weight is 341 g/mol. The fraction of sp³-hybridized carbons (Fsp3) is 0.789. The zero-order valence-corrected chi connectivity index (χ0v) is 15.2. The summed E-state index contributed by atoms with van der Waals surface area (Å²) in [4.78, 5) is 22.6. The molecule has 0 saturated carbocycles. The molecule has 0 aliphatic carbocycles. The van der Waals surface area contributed by atoms with Crippen LogP contribution in [0.25, 0.3) is 0 Å². The molecule has 0 aliphatic rings. The highest BCUT2D eigenvalue weighted by Crippen LogP contribution is 2.09. The van der Waals surface area contributed by atoms with E-state index in [-0.39, 0.29) is 6.42 Å². The molecular formula is C19H35NO4.